The fourth-order valence-electron chi connectivity index (χ4n) is 4.65. The first-order valence-electron chi connectivity index (χ1n) is 11.6. The number of thiophene rings is 1. The van der Waals surface area contributed by atoms with Gasteiger partial charge in [-0.3, -0.25) is 9.59 Å². The van der Waals surface area contributed by atoms with Gasteiger partial charge in [-0.15, -0.1) is 23.1 Å². The van der Waals surface area contributed by atoms with Gasteiger partial charge in [-0.2, -0.15) is 0 Å². The van der Waals surface area contributed by atoms with E-state index in [0.717, 1.165) is 41.7 Å². The minimum atomic E-state index is -0.409. The Labute approximate surface area is 212 Å². The van der Waals surface area contributed by atoms with Gasteiger partial charge in [-0.05, 0) is 54.5 Å². The van der Waals surface area contributed by atoms with Crippen LogP contribution in [-0.4, -0.2) is 42.1 Å². The van der Waals surface area contributed by atoms with E-state index >= 15 is 0 Å². The second kappa shape index (κ2) is 10.3. The van der Waals surface area contributed by atoms with Gasteiger partial charge < -0.3 is 15.0 Å². The molecular formula is C27H26N2O4S2. The van der Waals surface area contributed by atoms with Gasteiger partial charge in [-0.1, -0.05) is 42.5 Å². The van der Waals surface area contributed by atoms with Crippen molar-refractivity contribution in [3.63, 3.8) is 0 Å². The maximum Gasteiger partial charge on any atom is 0.341 e. The molecule has 1 N–H and O–H groups in total. The highest BCUT2D eigenvalue weighted by molar-refractivity contribution is 8.00. The number of methoxy groups -OCH3 is 1. The fraction of sp³-hybridized carbons (Fsp3) is 0.296. The summed E-state index contributed by atoms with van der Waals surface area (Å²) in [6.07, 6.45) is 3.58. The number of fused-ring (bicyclic) bond motifs is 1. The van der Waals surface area contributed by atoms with Crippen molar-refractivity contribution in [3.05, 3.63) is 87.3 Å². The average molecular weight is 507 g/mol. The quantitative estimate of drug-likeness (QED) is 0.452. The number of carbonyl (C=O) groups is 3. The molecule has 180 valence electrons. The van der Waals surface area contributed by atoms with E-state index in [-0.39, 0.29) is 17.2 Å². The molecule has 1 aliphatic heterocycles. The van der Waals surface area contributed by atoms with Crippen molar-refractivity contribution in [1.82, 2.24) is 4.90 Å². The largest absolute Gasteiger partial charge is 0.465 e. The molecule has 2 heterocycles. The highest BCUT2D eigenvalue weighted by Crippen LogP contribution is 2.40. The first-order valence-corrected chi connectivity index (χ1v) is 13.5. The zero-order chi connectivity index (χ0) is 24.4. The Bertz CT molecular complexity index is 1250. The Kier molecular flexibility index (Phi) is 6.92. The van der Waals surface area contributed by atoms with Gasteiger partial charge in [-0.25, -0.2) is 4.79 Å². The summed E-state index contributed by atoms with van der Waals surface area (Å²) in [4.78, 5) is 41.0. The van der Waals surface area contributed by atoms with Crippen LogP contribution in [0.2, 0.25) is 0 Å². The third-order valence-electron chi connectivity index (χ3n) is 6.45. The Hall–Kier alpha value is -3.10. The highest BCUT2D eigenvalue weighted by Gasteiger charge is 2.33. The molecule has 6 nitrogen and oxygen atoms in total. The maximum atomic E-state index is 13.0. The summed E-state index contributed by atoms with van der Waals surface area (Å²) in [6, 6.07) is 17.5. The summed E-state index contributed by atoms with van der Waals surface area (Å²) >= 11 is 3.07. The summed E-state index contributed by atoms with van der Waals surface area (Å²) in [6.45, 7) is 0.655. The van der Waals surface area contributed by atoms with Crippen LogP contribution < -0.4 is 5.32 Å². The van der Waals surface area contributed by atoms with Crippen molar-refractivity contribution in [2.45, 2.75) is 31.1 Å². The lowest BCUT2D eigenvalue weighted by Gasteiger charge is -2.24. The summed E-state index contributed by atoms with van der Waals surface area (Å²) in [7, 11) is 1.36. The van der Waals surface area contributed by atoms with Gasteiger partial charge in [0.2, 0.25) is 5.91 Å². The topological polar surface area (TPSA) is 75.7 Å². The smallest absolute Gasteiger partial charge is 0.341 e. The molecule has 1 fully saturated rings. The number of rotatable bonds is 7. The van der Waals surface area contributed by atoms with E-state index in [0.29, 0.717) is 28.4 Å². The van der Waals surface area contributed by atoms with Gasteiger partial charge >= 0.3 is 5.97 Å². The molecular weight excluding hydrogens is 480 g/mol. The first-order chi connectivity index (χ1) is 17.0. The second-order valence-corrected chi connectivity index (χ2v) is 10.8. The summed E-state index contributed by atoms with van der Waals surface area (Å²) in [5.41, 5.74) is 4.20. The molecule has 0 unspecified atom stereocenters. The molecule has 1 atom stereocenters. The van der Waals surface area contributed by atoms with Crippen LogP contribution in [-0.2, 0) is 28.8 Å². The van der Waals surface area contributed by atoms with Crippen LogP contribution in [0.1, 0.15) is 54.1 Å². The van der Waals surface area contributed by atoms with E-state index in [1.807, 2.05) is 35.2 Å². The highest BCUT2D eigenvalue weighted by atomic mass is 32.2. The molecule has 0 radical (unpaired) electrons. The number of hydrogen-bond donors (Lipinski definition) is 1. The predicted octanol–water partition coefficient (Wildman–Crippen LogP) is 5.09. The number of carbonyl (C=O) groups excluding carboxylic acids is 3. The zero-order valence-corrected chi connectivity index (χ0v) is 21.0. The number of esters is 1. The normalized spacial score (nSPS) is 16.9. The molecule has 2 aromatic carbocycles. The van der Waals surface area contributed by atoms with E-state index in [2.05, 4.69) is 17.4 Å². The minimum absolute atomic E-state index is 0.0606. The molecule has 1 aliphatic carbocycles. The molecule has 5 rings (SSSR count). The minimum Gasteiger partial charge on any atom is -0.465 e. The lowest BCUT2D eigenvalue weighted by atomic mass is 10.1. The van der Waals surface area contributed by atoms with Crippen molar-refractivity contribution in [3.8, 4) is 0 Å². The average Bonchev–Trinajstić information content (AvgIpc) is 3.57. The van der Waals surface area contributed by atoms with E-state index in [1.54, 1.807) is 23.9 Å². The number of amides is 2. The molecule has 2 aliphatic rings. The molecule has 2 amide bonds. The monoisotopic (exact) mass is 506 g/mol. The molecule has 3 aromatic rings. The number of nitrogens with one attached hydrogen (secondary N) is 1. The number of aryl methyl sites for hydroxylation is 1. The third-order valence-corrected chi connectivity index (χ3v) is 8.91. The van der Waals surface area contributed by atoms with Gasteiger partial charge in [0.25, 0.3) is 5.91 Å². The number of anilines is 1. The van der Waals surface area contributed by atoms with Crippen LogP contribution in [0.3, 0.4) is 0 Å². The fourth-order valence-corrected chi connectivity index (χ4v) is 7.14. The molecule has 8 heteroatoms. The molecule has 0 bridgehead atoms. The van der Waals surface area contributed by atoms with Crippen LogP contribution in [0.25, 0.3) is 0 Å². The Morgan fingerprint density at radius 3 is 2.60 bits per heavy atom. The van der Waals surface area contributed by atoms with E-state index in [9.17, 15) is 14.4 Å². The van der Waals surface area contributed by atoms with E-state index in [4.69, 9.17) is 4.74 Å². The standard InChI is InChI=1S/C27H26N2O4S2/c1-33-27(32)23-20-8-5-9-21(20)35-25(23)28-24(31)18-10-12-19(13-11-18)26-29(22(30)16-34-26)15-14-17-6-3-2-4-7-17/h2-4,6-7,10-13,26H,5,8-9,14-16H2,1H3,(H,28,31)/t26-/m0/s1. The third kappa shape index (κ3) is 4.86. The Morgan fingerprint density at radius 2 is 1.86 bits per heavy atom. The number of benzene rings is 2. The Morgan fingerprint density at radius 1 is 1.09 bits per heavy atom. The Balaban J connectivity index is 1.29. The van der Waals surface area contributed by atoms with Crippen molar-refractivity contribution in [1.29, 1.82) is 0 Å². The van der Waals surface area contributed by atoms with E-state index in [1.165, 1.54) is 24.0 Å². The van der Waals surface area contributed by atoms with Gasteiger partial charge in [0.1, 0.15) is 10.4 Å². The van der Waals surface area contributed by atoms with Gasteiger partial charge in [0.15, 0.2) is 0 Å². The van der Waals surface area contributed by atoms with Crippen molar-refractivity contribution < 1.29 is 19.1 Å². The van der Waals surface area contributed by atoms with Crippen LogP contribution in [0.15, 0.2) is 54.6 Å². The SMILES string of the molecule is COC(=O)c1c(NC(=O)c2ccc([C@@H]3SCC(=O)N3CCc3ccccc3)cc2)sc2c1CCC2. The number of hydrogen-bond acceptors (Lipinski definition) is 6. The van der Waals surface area contributed by atoms with Crippen LogP contribution >= 0.6 is 23.1 Å². The molecule has 35 heavy (non-hydrogen) atoms. The van der Waals surface area contributed by atoms with E-state index < -0.39 is 5.97 Å². The second-order valence-electron chi connectivity index (χ2n) is 8.62. The molecule has 1 aromatic heterocycles. The number of ether oxygens (including phenoxy) is 1. The van der Waals surface area contributed by atoms with Crippen LogP contribution in [0, 0.1) is 0 Å². The molecule has 0 spiro atoms. The maximum absolute atomic E-state index is 13.0. The summed E-state index contributed by atoms with van der Waals surface area (Å²) < 4.78 is 4.97. The van der Waals surface area contributed by atoms with Gasteiger partial charge in [0, 0.05) is 17.0 Å². The van der Waals surface area contributed by atoms with Crippen LogP contribution in [0.4, 0.5) is 5.00 Å². The lowest BCUT2D eigenvalue weighted by Crippen LogP contribution is -2.30. The number of thioether (sulfide) groups is 1. The van der Waals surface area contributed by atoms with Crippen molar-refractivity contribution in [2.75, 3.05) is 24.7 Å². The number of nitrogens with zero attached hydrogens (tertiary/aromatic N) is 1. The van der Waals surface area contributed by atoms with Gasteiger partial charge in [0.05, 0.1) is 18.4 Å². The van der Waals surface area contributed by atoms with Crippen molar-refractivity contribution in [2.24, 2.45) is 0 Å². The summed E-state index contributed by atoms with van der Waals surface area (Å²) in [5.74, 6) is -0.0776. The first kappa shape index (κ1) is 23.6. The predicted molar refractivity (Wildman–Crippen MR) is 139 cm³/mol. The molecule has 0 saturated carbocycles. The zero-order valence-electron chi connectivity index (χ0n) is 19.4. The lowest BCUT2D eigenvalue weighted by molar-refractivity contribution is -0.128. The van der Waals surface area contributed by atoms with Crippen molar-refractivity contribution >= 4 is 45.9 Å². The molecule has 1 saturated heterocycles. The summed E-state index contributed by atoms with van der Waals surface area (Å²) in [5, 5.41) is 3.42. The van der Waals surface area contributed by atoms with Crippen LogP contribution in [0.5, 0.6) is 0 Å².